The van der Waals surface area contributed by atoms with E-state index in [9.17, 15) is 13.2 Å². The Morgan fingerprint density at radius 2 is 1.84 bits per heavy atom. The highest BCUT2D eigenvalue weighted by atomic mass is 19.4. The molecule has 0 spiro atoms. The molecule has 0 radical (unpaired) electrons. The SMILES string of the molecule is FC(F)(F)c1cccnc1-c1ccn2ccnc2c1. The minimum absolute atomic E-state index is 0.0829. The fourth-order valence-electron chi connectivity index (χ4n) is 1.92. The second-order valence-corrected chi connectivity index (χ2v) is 4.01. The largest absolute Gasteiger partial charge is 0.418 e. The van der Waals surface area contributed by atoms with Crippen molar-refractivity contribution >= 4 is 5.65 Å². The van der Waals surface area contributed by atoms with Crippen LogP contribution in [0.25, 0.3) is 16.9 Å². The van der Waals surface area contributed by atoms with Crippen molar-refractivity contribution in [3.63, 3.8) is 0 Å². The molecular formula is C13H8F3N3. The first kappa shape index (κ1) is 11.7. The monoisotopic (exact) mass is 263 g/mol. The summed E-state index contributed by atoms with van der Waals surface area (Å²) in [6.45, 7) is 0. The number of rotatable bonds is 1. The third-order valence-corrected chi connectivity index (χ3v) is 2.78. The van der Waals surface area contributed by atoms with Crippen molar-refractivity contribution in [3.8, 4) is 11.3 Å². The maximum Gasteiger partial charge on any atom is 0.418 e. The van der Waals surface area contributed by atoms with Crippen molar-refractivity contribution in [1.82, 2.24) is 14.4 Å². The maximum atomic E-state index is 12.9. The molecule has 3 nitrogen and oxygen atoms in total. The van der Waals surface area contributed by atoms with Crippen molar-refractivity contribution in [1.29, 1.82) is 0 Å². The summed E-state index contributed by atoms with van der Waals surface area (Å²) in [5, 5.41) is 0. The molecule has 0 fully saturated rings. The van der Waals surface area contributed by atoms with Gasteiger partial charge < -0.3 is 4.40 Å². The van der Waals surface area contributed by atoms with Gasteiger partial charge in [0.1, 0.15) is 5.65 Å². The van der Waals surface area contributed by atoms with E-state index in [2.05, 4.69) is 9.97 Å². The zero-order valence-electron chi connectivity index (χ0n) is 9.59. The molecule has 0 aromatic carbocycles. The molecule has 0 amide bonds. The van der Waals surface area contributed by atoms with Crippen LogP contribution in [-0.2, 0) is 6.18 Å². The predicted octanol–water partition coefficient (Wildman–Crippen LogP) is 3.42. The summed E-state index contributed by atoms with van der Waals surface area (Å²) in [7, 11) is 0. The summed E-state index contributed by atoms with van der Waals surface area (Å²) in [5.74, 6) is 0. The van der Waals surface area contributed by atoms with E-state index in [1.54, 1.807) is 35.1 Å². The Balaban J connectivity index is 2.21. The molecule has 0 aliphatic rings. The van der Waals surface area contributed by atoms with Crippen molar-refractivity contribution < 1.29 is 13.2 Å². The summed E-state index contributed by atoms with van der Waals surface area (Å²) in [6.07, 6.45) is 1.89. The van der Waals surface area contributed by atoms with Crippen LogP contribution in [0.2, 0.25) is 0 Å². The van der Waals surface area contributed by atoms with Gasteiger partial charge >= 0.3 is 6.18 Å². The van der Waals surface area contributed by atoms with E-state index in [1.807, 2.05) is 0 Å². The summed E-state index contributed by atoms with van der Waals surface area (Å²) >= 11 is 0. The van der Waals surface area contributed by atoms with Gasteiger partial charge in [0.05, 0.1) is 11.3 Å². The zero-order valence-corrected chi connectivity index (χ0v) is 9.59. The molecule has 0 saturated heterocycles. The van der Waals surface area contributed by atoms with Gasteiger partial charge in [-0.1, -0.05) is 0 Å². The van der Waals surface area contributed by atoms with Gasteiger partial charge in [-0.05, 0) is 24.3 Å². The lowest BCUT2D eigenvalue weighted by Gasteiger charge is -2.11. The van der Waals surface area contributed by atoms with Gasteiger partial charge in [0, 0.05) is 30.4 Å². The van der Waals surface area contributed by atoms with Gasteiger partial charge in [0.25, 0.3) is 0 Å². The molecule has 96 valence electrons. The second kappa shape index (κ2) is 4.08. The number of pyridine rings is 2. The van der Waals surface area contributed by atoms with E-state index in [0.29, 0.717) is 11.2 Å². The number of halogens is 3. The van der Waals surface area contributed by atoms with Gasteiger partial charge in [-0.2, -0.15) is 13.2 Å². The van der Waals surface area contributed by atoms with Crippen LogP contribution in [0.5, 0.6) is 0 Å². The zero-order chi connectivity index (χ0) is 13.5. The number of nitrogens with zero attached hydrogens (tertiary/aromatic N) is 3. The highest BCUT2D eigenvalue weighted by Gasteiger charge is 2.34. The van der Waals surface area contributed by atoms with Gasteiger partial charge in [0.15, 0.2) is 0 Å². The number of alkyl halides is 3. The number of fused-ring (bicyclic) bond motifs is 1. The van der Waals surface area contributed by atoms with Gasteiger partial charge in [-0.15, -0.1) is 0 Å². The average molecular weight is 263 g/mol. The summed E-state index contributed by atoms with van der Waals surface area (Å²) < 4.78 is 40.5. The van der Waals surface area contributed by atoms with Crippen LogP contribution < -0.4 is 0 Å². The molecule has 3 aromatic heterocycles. The normalized spacial score (nSPS) is 11.9. The smallest absolute Gasteiger partial charge is 0.307 e. The Kier molecular flexibility index (Phi) is 2.51. The van der Waals surface area contributed by atoms with Crippen molar-refractivity contribution in [2.75, 3.05) is 0 Å². The second-order valence-electron chi connectivity index (χ2n) is 4.01. The summed E-state index contributed by atoms with van der Waals surface area (Å²) in [5.41, 5.74) is 0.148. The molecule has 0 N–H and O–H groups in total. The molecule has 3 heterocycles. The lowest BCUT2D eigenvalue weighted by molar-refractivity contribution is -0.137. The van der Waals surface area contributed by atoms with Crippen molar-refractivity contribution in [3.05, 3.63) is 54.6 Å². The molecule has 0 unspecified atom stereocenters. The molecule has 0 saturated carbocycles. The van der Waals surface area contributed by atoms with Crippen LogP contribution >= 0.6 is 0 Å². The van der Waals surface area contributed by atoms with Crippen molar-refractivity contribution in [2.45, 2.75) is 6.18 Å². The first-order valence-corrected chi connectivity index (χ1v) is 5.51. The third-order valence-electron chi connectivity index (χ3n) is 2.78. The molecule has 3 rings (SSSR count). The van der Waals surface area contributed by atoms with Crippen LogP contribution in [-0.4, -0.2) is 14.4 Å². The van der Waals surface area contributed by atoms with Gasteiger partial charge in [0.2, 0.25) is 0 Å². The fourth-order valence-corrected chi connectivity index (χ4v) is 1.92. The molecule has 0 aliphatic heterocycles. The topological polar surface area (TPSA) is 30.2 Å². The third kappa shape index (κ3) is 2.05. The standard InChI is InChI=1S/C13H8F3N3/c14-13(15,16)10-2-1-4-18-12(10)9-3-6-19-7-5-17-11(19)8-9/h1-8H. The molecular weight excluding hydrogens is 255 g/mol. The van der Waals surface area contributed by atoms with Crippen LogP contribution in [0.15, 0.2) is 49.1 Å². The van der Waals surface area contributed by atoms with E-state index in [-0.39, 0.29) is 5.69 Å². The highest BCUT2D eigenvalue weighted by Crippen LogP contribution is 2.35. The van der Waals surface area contributed by atoms with E-state index in [0.717, 1.165) is 6.07 Å². The van der Waals surface area contributed by atoms with Crippen molar-refractivity contribution in [2.24, 2.45) is 0 Å². The first-order valence-electron chi connectivity index (χ1n) is 5.51. The number of imidazole rings is 1. The lowest BCUT2D eigenvalue weighted by Crippen LogP contribution is -2.08. The Morgan fingerprint density at radius 1 is 1.00 bits per heavy atom. The van der Waals surface area contributed by atoms with E-state index in [1.165, 1.54) is 12.3 Å². The molecule has 19 heavy (non-hydrogen) atoms. The van der Waals surface area contributed by atoms with Crippen LogP contribution in [0.1, 0.15) is 5.56 Å². The van der Waals surface area contributed by atoms with E-state index in [4.69, 9.17) is 0 Å². The van der Waals surface area contributed by atoms with Gasteiger partial charge in [-0.3, -0.25) is 4.98 Å². The van der Waals surface area contributed by atoms with E-state index >= 15 is 0 Å². The highest BCUT2D eigenvalue weighted by molar-refractivity contribution is 5.67. The first-order chi connectivity index (χ1) is 9.05. The minimum atomic E-state index is -4.43. The van der Waals surface area contributed by atoms with Gasteiger partial charge in [-0.25, -0.2) is 4.98 Å². The quantitative estimate of drug-likeness (QED) is 0.673. The molecule has 0 bridgehead atoms. The number of hydrogen-bond donors (Lipinski definition) is 0. The molecule has 6 heteroatoms. The number of aromatic nitrogens is 3. The van der Waals surface area contributed by atoms with Crippen LogP contribution in [0.4, 0.5) is 13.2 Å². The van der Waals surface area contributed by atoms with Crippen LogP contribution in [0, 0.1) is 0 Å². The Hall–Kier alpha value is -2.37. The Bertz CT molecular complexity index is 731. The molecule has 3 aromatic rings. The Morgan fingerprint density at radius 3 is 2.63 bits per heavy atom. The van der Waals surface area contributed by atoms with Crippen LogP contribution in [0.3, 0.4) is 0 Å². The summed E-state index contributed by atoms with van der Waals surface area (Å²) in [4.78, 5) is 7.90. The average Bonchev–Trinajstić information content (AvgIpc) is 2.85. The Labute approximate surface area is 106 Å². The summed E-state index contributed by atoms with van der Waals surface area (Å²) in [6, 6.07) is 5.47. The fraction of sp³-hybridized carbons (Fsp3) is 0.0769. The number of hydrogen-bond acceptors (Lipinski definition) is 2. The molecule has 0 atom stereocenters. The molecule has 0 aliphatic carbocycles. The predicted molar refractivity (Wildman–Crippen MR) is 63.4 cm³/mol. The lowest BCUT2D eigenvalue weighted by atomic mass is 10.1. The maximum absolute atomic E-state index is 12.9. The minimum Gasteiger partial charge on any atom is -0.307 e. The van der Waals surface area contributed by atoms with E-state index < -0.39 is 11.7 Å².